The number of nitrogens with zero attached hydrogens (tertiary/aromatic N) is 1. The van der Waals surface area contributed by atoms with Crippen LogP contribution in [0.1, 0.15) is 38.4 Å². The van der Waals surface area contributed by atoms with Gasteiger partial charge in [-0.3, -0.25) is 0 Å². The second-order valence-corrected chi connectivity index (χ2v) is 4.59. The number of aliphatic hydroxyl groups is 1. The maximum atomic E-state index is 9.96. The standard InChI is InChI=1S/C14H21NO2/c1-4-15(11-8-9-11)12-6-5-7-13(17-3)14(12)10(2)16/h5-7,10-11,16H,4,8-9H2,1-3H3/t10-/m0/s1. The Balaban J connectivity index is 2.43. The Morgan fingerprint density at radius 1 is 1.47 bits per heavy atom. The van der Waals surface area contributed by atoms with E-state index in [4.69, 9.17) is 4.74 Å². The van der Waals surface area contributed by atoms with Crippen molar-refractivity contribution in [3.8, 4) is 5.75 Å². The summed E-state index contributed by atoms with van der Waals surface area (Å²) in [6, 6.07) is 6.62. The summed E-state index contributed by atoms with van der Waals surface area (Å²) in [5, 5.41) is 9.96. The van der Waals surface area contributed by atoms with Crippen molar-refractivity contribution in [2.24, 2.45) is 0 Å². The molecule has 0 aromatic heterocycles. The van der Waals surface area contributed by atoms with Gasteiger partial charge in [0.25, 0.3) is 0 Å². The maximum Gasteiger partial charge on any atom is 0.126 e. The molecule has 1 atom stereocenters. The van der Waals surface area contributed by atoms with E-state index in [0.29, 0.717) is 6.04 Å². The molecule has 0 spiro atoms. The molecule has 2 rings (SSSR count). The summed E-state index contributed by atoms with van der Waals surface area (Å²) in [7, 11) is 1.65. The molecule has 0 aliphatic heterocycles. The molecular formula is C14H21NO2. The number of hydrogen-bond donors (Lipinski definition) is 1. The minimum absolute atomic E-state index is 0.506. The quantitative estimate of drug-likeness (QED) is 0.851. The van der Waals surface area contributed by atoms with Gasteiger partial charge < -0.3 is 14.7 Å². The molecule has 0 radical (unpaired) electrons. The highest BCUT2D eigenvalue weighted by atomic mass is 16.5. The zero-order chi connectivity index (χ0) is 12.4. The van der Waals surface area contributed by atoms with E-state index in [1.165, 1.54) is 12.8 Å². The van der Waals surface area contributed by atoms with Gasteiger partial charge >= 0.3 is 0 Å². The van der Waals surface area contributed by atoms with Crippen LogP contribution in [0.5, 0.6) is 5.75 Å². The minimum Gasteiger partial charge on any atom is -0.496 e. The molecule has 1 aromatic carbocycles. The van der Waals surface area contributed by atoms with E-state index in [1.54, 1.807) is 14.0 Å². The fraction of sp³-hybridized carbons (Fsp3) is 0.571. The minimum atomic E-state index is -0.506. The zero-order valence-corrected chi connectivity index (χ0v) is 10.8. The molecule has 1 aliphatic rings. The van der Waals surface area contributed by atoms with Gasteiger partial charge in [-0.25, -0.2) is 0 Å². The molecule has 1 aromatic rings. The Kier molecular flexibility index (Phi) is 3.57. The largest absolute Gasteiger partial charge is 0.496 e. The highest BCUT2D eigenvalue weighted by Crippen LogP contribution is 2.39. The highest BCUT2D eigenvalue weighted by molar-refractivity contribution is 5.61. The van der Waals surface area contributed by atoms with Crippen molar-refractivity contribution in [1.82, 2.24) is 0 Å². The van der Waals surface area contributed by atoms with Crippen molar-refractivity contribution < 1.29 is 9.84 Å². The molecule has 17 heavy (non-hydrogen) atoms. The Morgan fingerprint density at radius 2 is 2.18 bits per heavy atom. The SMILES string of the molecule is CCN(c1cccc(OC)c1[C@H](C)O)C1CC1. The van der Waals surface area contributed by atoms with E-state index < -0.39 is 6.10 Å². The summed E-state index contributed by atoms with van der Waals surface area (Å²) in [6.07, 6.45) is 2.00. The zero-order valence-electron chi connectivity index (χ0n) is 10.8. The average molecular weight is 235 g/mol. The Bertz CT molecular complexity index is 386. The number of anilines is 1. The van der Waals surface area contributed by atoms with E-state index in [9.17, 15) is 5.11 Å². The fourth-order valence-corrected chi connectivity index (χ4v) is 2.39. The normalized spacial score (nSPS) is 16.7. The number of methoxy groups -OCH3 is 1. The van der Waals surface area contributed by atoms with Gasteiger partial charge in [0.1, 0.15) is 5.75 Å². The Hall–Kier alpha value is -1.22. The van der Waals surface area contributed by atoms with Crippen LogP contribution in [0, 0.1) is 0 Å². The third kappa shape index (κ3) is 2.39. The van der Waals surface area contributed by atoms with Crippen LogP contribution in [-0.4, -0.2) is 24.8 Å². The van der Waals surface area contributed by atoms with Crippen LogP contribution in [0.15, 0.2) is 18.2 Å². The molecule has 1 saturated carbocycles. The molecule has 0 heterocycles. The van der Waals surface area contributed by atoms with Crippen molar-refractivity contribution in [3.05, 3.63) is 23.8 Å². The van der Waals surface area contributed by atoms with Crippen LogP contribution < -0.4 is 9.64 Å². The first-order valence-corrected chi connectivity index (χ1v) is 6.30. The van der Waals surface area contributed by atoms with Gasteiger partial charge in [-0.15, -0.1) is 0 Å². The summed E-state index contributed by atoms with van der Waals surface area (Å²) >= 11 is 0. The van der Waals surface area contributed by atoms with Crippen molar-refractivity contribution in [1.29, 1.82) is 0 Å². The number of rotatable bonds is 5. The number of benzene rings is 1. The molecule has 0 bridgehead atoms. The number of hydrogen-bond acceptors (Lipinski definition) is 3. The molecule has 1 aliphatic carbocycles. The van der Waals surface area contributed by atoms with E-state index in [1.807, 2.05) is 12.1 Å². The second-order valence-electron chi connectivity index (χ2n) is 4.59. The number of ether oxygens (including phenoxy) is 1. The molecule has 1 N–H and O–H groups in total. The lowest BCUT2D eigenvalue weighted by atomic mass is 10.1. The van der Waals surface area contributed by atoms with Gasteiger partial charge in [0, 0.05) is 23.8 Å². The molecule has 3 nitrogen and oxygen atoms in total. The first kappa shape index (κ1) is 12.2. The lowest BCUT2D eigenvalue weighted by Crippen LogP contribution is -2.26. The van der Waals surface area contributed by atoms with Crippen LogP contribution in [0.2, 0.25) is 0 Å². The summed E-state index contributed by atoms with van der Waals surface area (Å²) < 4.78 is 5.36. The Morgan fingerprint density at radius 3 is 2.65 bits per heavy atom. The van der Waals surface area contributed by atoms with Crippen molar-refractivity contribution >= 4 is 5.69 Å². The lowest BCUT2D eigenvalue weighted by Gasteiger charge is -2.27. The van der Waals surface area contributed by atoms with Gasteiger partial charge in [0.15, 0.2) is 0 Å². The van der Waals surface area contributed by atoms with Crippen LogP contribution in [0.3, 0.4) is 0 Å². The third-order valence-electron chi connectivity index (χ3n) is 3.32. The van der Waals surface area contributed by atoms with E-state index in [2.05, 4.69) is 17.9 Å². The van der Waals surface area contributed by atoms with Crippen LogP contribution >= 0.6 is 0 Å². The van der Waals surface area contributed by atoms with Gasteiger partial charge in [0.2, 0.25) is 0 Å². The lowest BCUT2D eigenvalue weighted by molar-refractivity contribution is 0.194. The van der Waals surface area contributed by atoms with Crippen molar-refractivity contribution in [2.75, 3.05) is 18.6 Å². The molecule has 1 fully saturated rings. The van der Waals surface area contributed by atoms with E-state index >= 15 is 0 Å². The monoisotopic (exact) mass is 235 g/mol. The van der Waals surface area contributed by atoms with Crippen LogP contribution in [0.25, 0.3) is 0 Å². The third-order valence-corrected chi connectivity index (χ3v) is 3.32. The maximum absolute atomic E-state index is 9.96. The fourth-order valence-electron chi connectivity index (χ4n) is 2.39. The van der Waals surface area contributed by atoms with Gasteiger partial charge in [-0.1, -0.05) is 6.07 Å². The second kappa shape index (κ2) is 4.96. The smallest absolute Gasteiger partial charge is 0.126 e. The summed E-state index contributed by atoms with van der Waals surface area (Å²) in [4.78, 5) is 2.37. The predicted octanol–water partition coefficient (Wildman–Crippen LogP) is 2.74. The summed E-state index contributed by atoms with van der Waals surface area (Å²) in [5.41, 5.74) is 2.02. The topological polar surface area (TPSA) is 32.7 Å². The van der Waals surface area contributed by atoms with Crippen LogP contribution in [0.4, 0.5) is 5.69 Å². The average Bonchev–Trinajstić information content (AvgIpc) is 3.13. The summed E-state index contributed by atoms with van der Waals surface area (Å²) in [6.45, 7) is 4.92. The van der Waals surface area contributed by atoms with Crippen LogP contribution in [-0.2, 0) is 0 Å². The van der Waals surface area contributed by atoms with Gasteiger partial charge in [-0.2, -0.15) is 0 Å². The van der Waals surface area contributed by atoms with Gasteiger partial charge in [-0.05, 0) is 38.8 Å². The summed E-state index contributed by atoms with van der Waals surface area (Å²) in [5.74, 6) is 0.775. The Labute approximate surface area is 103 Å². The highest BCUT2D eigenvalue weighted by Gasteiger charge is 2.30. The van der Waals surface area contributed by atoms with Crippen molar-refractivity contribution in [3.63, 3.8) is 0 Å². The molecule has 0 saturated heterocycles. The molecular weight excluding hydrogens is 214 g/mol. The van der Waals surface area contributed by atoms with Gasteiger partial charge in [0.05, 0.1) is 13.2 Å². The van der Waals surface area contributed by atoms with E-state index in [0.717, 1.165) is 23.5 Å². The molecule has 0 unspecified atom stereocenters. The predicted molar refractivity (Wildman–Crippen MR) is 69.7 cm³/mol. The first-order chi connectivity index (χ1) is 8.19. The van der Waals surface area contributed by atoms with E-state index in [-0.39, 0.29) is 0 Å². The first-order valence-electron chi connectivity index (χ1n) is 6.30. The van der Waals surface area contributed by atoms with Crippen molar-refractivity contribution in [2.45, 2.75) is 38.8 Å². The molecule has 94 valence electrons. The molecule has 0 amide bonds. The number of aliphatic hydroxyl groups excluding tert-OH is 1. The molecule has 3 heteroatoms.